The van der Waals surface area contributed by atoms with Gasteiger partial charge in [-0.2, -0.15) is 0 Å². The Labute approximate surface area is 293 Å². The molecule has 0 radical (unpaired) electrons. The fraction of sp³-hybridized carbons (Fsp3) is 0.158. The number of rotatable bonds is 12. The maximum atomic E-state index is 13.5. The lowest BCUT2D eigenvalue weighted by molar-refractivity contribution is -0.115. The molecule has 4 aromatic carbocycles. The molecule has 0 spiro atoms. The van der Waals surface area contributed by atoms with Crippen molar-refractivity contribution in [1.82, 2.24) is 10.3 Å². The number of benzene rings is 4. The number of carbonyl (C=O) groups is 3. The molecule has 250 valence electrons. The van der Waals surface area contributed by atoms with Crippen LogP contribution in [0.2, 0.25) is 0 Å². The summed E-state index contributed by atoms with van der Waals surface area (Å²) < 4.78 is 10.8. The highest BCUT2D eigenvalue weighted by molar-refractivity contribution is 8.00. The van der Waals surface area contributed by atoms with Gasteiger partial charge in [0.05, 0.1) is 25.2 Å². The Kier molecular flexibility index (Phi) is 11.5. The molecule has 0 aliphatic carbocycles. The van der Waals surface area contributed by atoms with Crippen molar-refractivity contribution < 1.29 is 23.9 Å². The second-order valence-corrected chi connectivity index (χ2v) is 13.6. The van der Waals surface area contributed by atoms with Gasteiger partial charge in [0.15, 0.2) is 5.13 Å². The first-order valence-corrected chi connectivity index (χ1v) is 17.1. The van der Waals surface area contributed by atoms with E-state index in [1.807, 2.05) is 63.2 Å². The van der Waals surface area contributed by atoms with Crippen LogP contribution in [-0.2, 0) is 9.59 Å². The minimum Gasteiger partial charge on any atom is -0.497 e. The zero-order valence-electron chi connectivity index (χ0n) is 27.7. The highest BCUT2D eigenvalue weighted by Crippen LogP contribution is 2.32. The lowest BCUT2D eigenvalue weighted by atomic mass is 10.1. The molecule has 0 bridgehead atoms. The van der Waals surface area contributed by atoms with Crippen molar-refractivity contribution in [1.29, 1.82) is 0 Å². The summed E-state index contributed by atoms with van der Waals surface area (Å²) in [5, 5.41) is 8.69. The number of hydrogen-bond donors (Lipinski definition) is 3. The molecule has 1 atom stereocenters. The van der Waals surface area contributed by atoms with Gasteiger partial charge in [-0.15, -0.1) is 23.1 Å². The number of thiazole rings is 1. The van der Waals surface area contributed by atoms with Gasteiger partial charge in [0, 0.05) is 38.2 Å². The van der Waals surface area contributed by atoms with E-state index in [1.54, 1.807) is 67.8 Å². The van der Waals surface area contributed by atoms with E-state index in [1.165, 1.54) is 35.8 Å². The molecule has 9 nitrogen and oxygen atoms in total. The molecular weight excluding hydrogens is 657 g/mol. The Bertz CT molecular complexity index is 1970. The summed E-state index contributed by atoms with van der Waals surface area (Å²) >= 11 is 2.83. The molecule has 11 heteroatoms. The molecule has 3 N–H and O–H groups in total. The Morgan fingerprint density at radius 1 is 0.857 bits per heavy atom. The SMILES string of the molecule is COc1ccc(/C=C(\NC(=O)c2ccccc2)C(=O)Nc2ccc(SC(C)C(=O)Nc3nc(-c4ccc(C)cc4)c(C)s3)cc2)c(OC)c1. The molecule has 0 saturated carbocycles. The van der Waals surface area contributed by atoms with Gasteiger partial charge in [-0.05, 0) is 75.4 Å². The number of thioether (sulfide) groups is 1. The Balaban J connectivity index is 1.25. The number of aryl methyl sites for hydroxylation is 2. The molecule has 0 aliphatic heterocycles. The van der Waals surface area contributed by atoms with Crippen LogP contribution in [0.1, 0.15) is 33.3 Å². The van der Waals surface area contributed by atoms with E-state index in [0.29, 0.717) is 33.4 Å². The highest BCUT2D eigenvalue weighted by atomic mass is 32.2. The molecule has 1 aromatic heterocycles. The summed E-state index contributed by atoms with van der Waals surface area (Å²) in [5.74, 6) is -0.0743. The number of anilines is 2. The fourth-order valence-electron chi connectivity index (χ4n) is 4.74. The van der Waals surface area contributed by atoms with Gasteiger partial charge >= 0.3 is 0 Å². The van der Waals surface area contributed by atoms with Gasteiger partial charge < -0.3 is 25.4 Å². The van der Waals surface area contributed by atoms with Gasteiger partial charge in [0.2, 0.25) is 5.91 Å². The Hall–Kier alpha value is -5.39. The van der Waals surface area contributed by atoms with Crippen LogP contribution in [0.3, 0.4) is 0 Å². The first-order valence-electron chi connectivity index (χ1n) is 15.4. The highest BCUT2D eigenvalue weighted by Gasteiger charge is 2.19. The van der Waals surface area contributed by atoms with E-state index in [0.717, 1.165) is 21.0 Å². The fourth-order valence-corrected chi connectivity index (χ4v) is 6.45. The lowest BCUT2D eigenvalue weighted by Crippen LogP contribution is -2.30. The van der Waals surface area contributed by atoms with Gasteiger partial charge in [0.1, 0.15) is 17.2 Å². The van der Waals surface area contributed by atoms with Crippen molar-refractivity contribution in [2.24, 2.45) is 0 Å². The Morgan fingerprint density at radius 2 is 1.57 bits per heavy atom. The number of amides is 3. The summed E-state index contributed by atoms with van der Waals surface area (Å²) in [4.78, 5) is 46.2. The predicted octanol–water partition coefficient (Wildman–Crippen LogP) is 7.97. The normalized spacial score (nSPS) is 11.7. The van der Waals surface area contributed by atoms with Crippen molar-refractivity contribution in [2.75, 3.05) is 24.9 Å². The van der Waals surface area contributed by atoms with Crippen LogP contribution in [0.4, 0.5) is 10.8 Å². The van der Waals surface area contributed by atoms with Gasteiger partial charge in [-0.3, -0.25) is 14.4 Å². The Morgan fingerprint density at radius 3 is 2.24 bits per heavy atom. The topological polar surface area (TPSA) is 119 Å². The minimum atomic E-state index is -0.529. The van der Waals surface area contributed by atoms with Crippen molar-refractivity contribution in [3.63, 3.8) is 0 Å². The number of carbonyl (C=O) groups excluding carboxylic acids is 3. The number of hydrogen-bond acceptors (Lipinski definition) is 8. The van der Waals surface area contributed by atoms with Crippen LogP contribution >= 0.6 is 23.1 Å². The second kappa shape index (κ2) is 16.1. The van der Waals surface area contributed by atoms with E-state index in [-0.39, 0.29) is 11.6 Å². The summed E-state index contributed by atoms with van der Waals surface area (Å²) in [5.41, 5.74) is 4.54. The van der Waals surface area contributed by atoms with Crippen molar-refractivity contribution in [3.05, 3.63) is 124 Å². The van der Waals surface area contributed by atoms with Crippen LogP contribution in [0.25, 0.3) is 17.3 Å². The first kappa shape index (κ1) is 34.9. The van der Waals surface area contributed by atoms with E-state index in [2.05, 4.69) is 20.9 Å². The van der Waals surface area contributed by atoms with Crippen LogP contribution in [0.5, 0.6) is 11.5 Å². The molecule has 5 aromatic rings. The first-order chi connectivity index (χ1) is 23.6. The zero-order valence-corrected chi connectivity index (χ0v) is 29.3. The lowest BCUT2D eigenvalue weighted by Gasteiger charge is -2.14. The number of nitrogens with one attached hydrogen (secondary N) is 3. The third-order valence-electron chi connectivity index (χ3n) is 7.42. The average Bonchev–Trinajstić information content (AvgIpc) is 3.48. The molecule has 0 saturated heterocycles. The smallest absolute Gasteiger partial charge is 0.272 e. The summed E-state index contributed by atoms with van der Waals surface area (Å²) in [7, 11) is 3.06. The quantitative estimate of drug-likeness (QED) is 0.0897. The number of nitrogens with zero attached hydrogens (tertiary/aromatic N) is 1. The molecule has 0 aliphatic rings. The van der Waals surface area contributed by atoms with Gasteiger partial charge in [0.25, 0.3) is 11.8 Å². The van der Waals surface area contributed by atoms with Gasteiger partial charge in [-0.1, -0.05) is 48.0 Å². The number of aromatic nitrogens is 1. The van der Waals surface area contributed by atoms with Crippen LogP contribution in [-0.4, -0.2) is 42.2 Å². The standard InChI is InChI=1S/C38H36N4O5S2/c1-23-11-13-26(14-12-23)34-24(2)49-38(41-34)42-35(43)25(3)48-31-19-16-29(17-20-31)39-37(45)32(40-36(44)27-9-7-6-8-10-27)21-28-15-18-30(46-4)22-33(28)47-5/h6-22,25H,1-5H3,(H,39,45)(H,40,44)(H,41,42,43)/b32-21-. The van der Waals surface area contributed by atoms with Crippen molar-refractivity contribution in [3.8, 4) is 22.8 Å². The molecule has 1 heterocycles. The third kappa shape index (κ3) is 9.16. The summed E-state index contributed by atoms with van der Waals surface area (Å²) in [6.07, 6.45) is 1.55. The van der Waals surface area contributed by atoms with Crippen LogP contribution in [0, 0.1) is 13.8 Å². The molecule has 1 unspecified atom stereocenters. The number of methoxy groups -OCH3 is 2. The zero-order chi connectivity index (χ0) is 34.9. The molecule has 0 fully saturated rings. The average molecular weight is 693 g/mol. The minimum absolute atomic E-state index is 0.0176. The van der Waals surface area contributed by atoms with Gasteiger partial charge in [-0.25, -0.2) is 4.98 Å². The maximum absolute atomic E-state index is 13.5. The van der Waals surface area contributed by atoms with Crippen molar-refractivity contribution in [2.45, 2.75) is 30.9 Å². The van der Waals surface area contributed by atoms with E-state index >= 15 is 0 Å². The van der Waals surface area contributed by atoms with E-state index < -0.39 is 17.1 Å². The number of ether oxygens (including phenoxy) is 2. The molecular formula is C38H36N4O5S2. The van der Waals surface area contributed by atoms with E-state index in [9.17, 15) is 14.4 Å². The molecule has 5 rings (SSSR count). The molecule has 49 heavy (non-hydrogen) atoms. The molecule has 3 amide bonds. The van der Waals surface area contributed by atoms with E-state index in [4.69, 9.17) is 9.47 Å². The van der Waals surface area contributed by atoms with Crippen molar-refractivity contribution >= 4 is 57.7 Å². The largest absolute Gasteiger partial charge is 0.497 e. The van der Waals surface area contributed by atoms with Crippen LogP contribution in [0.15, 0.2) is 108 Å². The maximum Gasteiger partial charge on any atom is 0.272 e. The monoisotopic (exact) mass is 692 g/mol. The predicted molar refractivity (Wildman–Crippen MR) is 197 cm³/mol. The summed E-state index contributed by atoms with van der Waals surface area (Å²) in [6.45, 7) is 5.86. The van der Waals surface area contributed by atoms with Crippen LogP contribution < -0.4 is 25.4 Å². The summed E-state index contributed by atoms with van der Waals surface area (Å²) in [6, 6.07) is 29.1. The second-order valence-electron chi connectivity index (χ2n) is 11.0. The third-order valence-corrected chi connectivity index (χ3v) is 9.41.